The molecule has 0 atom stereocenters. The van der Waals surface area contributed by atoms with E-state index in [4.69, 9.17) is 0 Å². The van der Waals surface area contributed by atoms with Crippen LogP contribution in [0.5, 0.6) is 0 Å². The summed E-state index contributed by atoms with van der Waals surface area (Å²) >= 11 is 0. The lowest BCUT2D eigenvalue weighted by Gasteiger charge is -2.02. The van der Waals surface area contributed by atoms with E-state index in [1.807, 2.05) is 13.8 Å². The first-order valence-electron chi connectivity index (χ1n) is 3.68. The van der Waals surface area contributed by atoms with Gasteiger partial charge in [0.2, 0.25) is 0 Å². The van der Waals surface area contributed by atoms with Crippen LogP contribution in [0.3, 0.4) is 0 Å². The summed E-state index contributed by atoms with van der Waals surface area (Å²) in [6.07, 6.45) is 0.788. The number of hydrogen-bond acceptors (Lipinski definition) is 2. The maximum absolute atomic E-state index is 10.9. The van der Waals surface area contributed by atoms with Crippen LogP contribution >= 0.6 is 0 Å². The molecule has 0 aromatic heterocycles. The maximum atomic E-state index is 10.9. The highest BCUT2D eigenvalue weighted by atomic mass is 32.2. The van der Waals surface area contributed by atoms with Gasteiger partial charge in [0.05, 0.1) is 5.75 Å². The van der Waals surface area contributed by atoms with Gasteiger partial charge in [-0.15, -0.1) is 0 Å². The lowest BCUT2D eigenvalue weighted by atomic mass is 10.2. The van der Waals surface area contributed by atoms with Crippen LogP contribution in [0.1, 0.15) is 27.2 Å². The third-order valence-corrected chi connectivity index (χ3v) is 3.18. The lowest BCUT2D eigenvalue weighted by molar-refractivity contribution is 0.574. The second-order valence-electron chi connectivity index (χ2n) is 2.92. The topological polar surface area (TPSA) is 34.1 Å². The molecule has 0 amide bonds. The largest absolute Gasteiger partial charge is 0.229 e. The van der Waals surface area contributed by atoms with Gasteiger partial charge < -0.3 is 0 Å². The van der Waals surface area contributed by atoms with E-state index in [0.29, 0.717) is 11.7 Å². The van der Waals surface area contributed by atoms with Gasteiger partial charge in [-0.25, -0.2) is 8.42 Å². The number of rotatable bonds is 4. The van der Waals surface area contributed by atoms with Crippen LogP contribution in [0.2, 0.25) is 0 Å². The van der Waals surface area contributed by atoms with Crippen LogP contribution in [0.15, 0.2) is 0 Å². The van der Waals surface area contributed by atoms with Crippen LogP contribution in [-0.4, -0.2) is 19.9 Å². The van der Waals surface area contributed by atoms with Gasteiger partial charge >= 0.3 is 0 Å². The van der Waals surface area contributed by atoms with Gasteiger partial charge in [-0.3, -0.25) is 0 Å². The van der Waals surface area contributed by atoms with Gasteiger partial charge in [0.1, 0.15) is 9.84 Å². The number of sulfone groups is 1. The van der Waals surface area contributed by atoms with E-state index in [9.17, 15) is 8.42 Å². The van der Waals surface area contributed by atoms with Gasteiger partial charge in [-0.1, -0.05) is 20.8 Å². The molecule has 0 spiro atoms. The van der Waals surface area contributed by atoms with Crippen LogP contribution in [0.4, 0.5) is 0 Å². The highest BCUT2D eigenvalue weighted by molar-refractivity contribution is 7.91. The highest BCUT2D eigenvalue weighted by Gasteiger charge is 2.07. The standard InChI is InChI=1S/C7H16O2S/c1-4-10(8,9)6-5-7(2)3/h7H,4-6H2,1-3H3. The SMILES string of the molecule is CCS(=O)(=O)CCC(C)C. The van der Waals surface area contributed by atoms with Crippen molar-refractivity contribution in [3.63, 3.8) is 0 Å². The summed E-state index contributed by atoms with van der Waals surface area (Å²) in [6.45, 7) is 5.76. The molecule has 0 aliphatic heterocycles. The summed E-state index contributed by atoms with van der Waals surface area (Å²) in [7, 11) is -2.71. The second-order valence-corrected chi connectivity index (χ2v) is 5.39. The van der Waals surface area contributed by atoms with E-state index in [-0.39, 0.29) is 5.75 Å². The van der Waals surface area contributed by atoms with Gasteiger partial charge in [0.25, 0.3) is 0 Å². The van der Waals surface area contributed by atoms with Crippen LogP contribution in [0.25, 0.3) is 0 Å². The quantitative estimate of drug-likeness (QED) is 0.630. The molecule has 0 radical (unpaired) electrons. The molecule has 0 rings (SSSR count). The molecule has 2 nitrogen and oxygen atoms in total. The summed E-state index contributed by atoms with van der Waals surface area (Å²) in [4.78, 5) is 0. The Bertz CT molecular complexity index is 168. The Hall–Kier alpha value is -0.0500. The molecule has 0 aromatic carbocycles. The first-order valence-corrected chi connectivity index (χ1v) is 5.50. The molecule has 0 heterocycles. The molecular formula is C7H16O2S. The molecular weight excluding hydrogens is 148 g/mol. The summed E-state index contributed by atoms with van der Waals surface area (Å²) in [5.74, 6) is 1.11. The van der Waals surface area contributed by atoms with Gasteiger partial charge in [0.15, 0.2) is 0 Å². The molecule has 3 heteroatoms. The third-order valence-electron chi connectivity index (χ3n) is 1.45. The fourth-order valence-electron chi connectivity index (χ4n) is 0.560. The molecule has 0 aromatic rings. The summed E-state index contributed by atoms with van der Waals surface area (Å²) < 4.78 is 21.8. The normalized spacial score (nSPS) is 12.4. The van der Waals surface area contributed by atoms with Gasteiger partial charge in [-0.2, -0.15) is 0 Å². The van der Waals surface area contributed by atoms with Crippen molar-refractivity contribution in [2.24, 2.45) is 5.92 Å². The molecule has 0 saturated heterocycles. The molecule has 0 aliphatic carbocycles. The summed E-state index contributed by atoms with van der Waals surface area (Å²) in [5, 5.41) is 0. The molecule has 0 saturated carbocycles. The fourth-order valence-corrected chi connectivity index (χ4v) is 1.68. The van der Waals surface area contributed by atoms with Gasteiger partial charge in [-0.05, 0) is 12.3 Å². The Balaban J connectivity index is 3.70. The zero-order valence-electron chi connectivity index (χ0n) is 6.92. The zero-order valence-corrected chi connectivity index (χ0v) is 7.74. The predicted molar refractivity (Wildman–Crippen MR) is 43.8 cm³/mol. The Morgan fingerprint density at radius 3 is 2.10 bits per heavy atom. The average molecular weight is 164 g/mol. The summed E-state index contributed by atoms with van der Waals surface area (Å²) in [6, 6.07) is 0. The first kappa shape index (κ1) is 9.95. The number of hydrogen-bond donors (Lipinski definition) is 0. The van der Waals surface area contributed by atoms with E-state index in [1.54, 1.807) is 6.92 Å². The third kappa shape index (κ3) is 4.79. The average Bonchev–Trinajstić information content (AvgIpc) is 1.85. The van der Waals surface area contributed by atoms with Crippen molar-refractivity contribution in [1.82, 2.24) is 0 Å². The minimum absolute atomic E-state index is 0.278. The Morgan fingerprint density at radius 1 is 1.30 bits per heavy atom. The van der Waals surface area contributed by atoms with Crippen molar-refractivity contribution in [2.45, 2.75) is 27.2 Å². The van der Waals surface area contributed by atoms with E-state index in [0.717, 1.165) is 6.42 Å². The molecule has 0 unspecified atom stereocenters. The molecule has 0 N–H and O–H groups in total. The Labute approximate surface area is 63.6 Å². The maximum Gasteiger partial charge on any atom is 0.150 e. The van der Waals surface area contributed by atoms with Crippen LogP contribution in [-0.2, 0) is 9.84 Å². The van der Waals surface area contributed by atoms with E-state index in [2.05, 4.69) is 0 Å². The van der Waals surface area contributed by atoms with Crippen molar-refractivity contribution in [1.29, 1.82) is 0 Å². The summed E-state index contributed by atoms with van der Waals surface area (Å²) in [5.41, 5.74) is 0. The molecule has 0 bridgehead atoms. The van der Waals surface area contributed by atoms with Crippen molar-refractivity contribution in [2.75, 3.05) is 11.5 Å². The second kappa shape index (κ2) is 3.96. The van der Waals surface area contributed by atoms with E-state index in [1.165, 1.54) is 0 Å². The Kier molecular flexibility index (Phi) is 3.94. The fraction of sp³-hybridized carbons (Fsp3) is 1.00. The predicted octanol–water partition coefficient (Wildman–Crippen LogP) is 1.47. The van der Waals surface area contributed by atoms with Crippen molar-refractivity contribution >= 4 is 9.84 Å². The smallest absolute Gasteiger partial charge is 0.150 e. The molecule has 0 aliphatic rings. The monoisotopic (exact) mass is 164 g/mol. The van der Waals surface area contributed by atoms with Gasteiger partial charge in [0, 0.05) is 5.75 Å². The van der Waals surface area contributed by atoms with E-state index < -0.39 is 9.84 Å². The molecule has 62 valence electrons. The Morgan fingerprint density at radius 2 is 1.80 bits per heavy atom. The lowest BCUT2D eigenvalue weighted by Crippen LogP contribution is -2.10. The van der Waals surface area contributed by atoms with Crippen molar-refractivity contribution in [3.8, 4) is 0 Å². The van der Waals surface area contributed by atoms with Crippen molar-refractivity contribution in [3.05, 3.63) is 0 Å². The molecule has 0 fully saturated rings. The minimum Gasteiger partial charge on any atom is -0.229 e. The zero-order chi connectivity index (χ0) is 8.20. The van der Waals surface area contributed by atoms with Crippen molar-refractivity contribution < 1.29 is 8.42 Å². The van der Waals surface area contributed by atoms with E-state index >= 15 is 0 Å². The highest BCUT2D eigenvalue weighted by Crippen LogP contribution is 2.02. The van der Waals surface area contributed by atoms with Crippen LogP contribution in [0, 0.1) is 5.92 Å². The minimum atomic E-state index is -2.71. The molecule has 10 heavy (non-hydrogen) atoms. The van der Waals surface area contributed by atoms with Crippen LogP contribution < -0.4 is 0 Å². The first-order chi connectivity index (χ1) is 4.48.